The number of hydrogen-bond donors (Lipinski definition) is 2. The molecule has 0 aliphatic carbocycles. The number of carboxylic acids is 2. The molecule has 0 saturated heterocycles. The Morgan fingerprint density at radius 2 is 1.73 bits per heavy atom. The number of ether oxygens (including phenoxy) is 1. The highest BCUT2D eigenvalue weighted by molar-refractivity contribution is 7.20. The van der Waals surface area contributed by atoms with Crippen LogP contribution in [0.2, 0.25) is 10.0 Å². The molecule has 0 saturated carbocycles. The van der Waals surface area contributed by atoms with E-state index < -0.39 is 17.5 Å². The number of aliphatic carboxylic acids is 2. The Hall–Kier alpha value is -4.19. The molecule has 212 valence electrons. The first-order chi connectivity index (χ1) is 19.5. The zero-order valence-corrected chi connectivity index (χ0v) is 24.2. The van der Waals surface area contributed by atoms with Gasteiger partial charge in [-0.05, 0) is 49.4 Å². The van der Waals surface area contributed by atoms with Crippen molar-refractivity contribution < 1.29 is 29.3 Å². The molecule has 1 unspecified atom stereocenters. The van der Waals surface area contributed by atoms with Gasteiger partial charge in [-0.25, -0.2) is 19.6 Å². The Balaban J connectivity index is 0.000000189. The molecule has 2 heterocycles. The molecule has 0 radical (unpaired) electrons. The second-order valence-corrected chi connectivity index (χ2v) is 10.9. The lowest BCUT2D eigenvalue weighted by Crippen LogP contribution is -2.47. The number of fused-ring (bicyclic) bond motifs is 1. The van der Waals surface area contributed by atoms with Gasteiger partial charge in [0.25, 0.3) is 11.1 Å². The van der Waals surface area contributed by atoms with E-state index in [1.165, 1.54) is 36.5 Å². The van der Waals surface area contributed by atoms with Gasteiger partial charge in [-0.2, -0.15) is 5.10 Å². The number of carboxylic acid groups (broad SMARTS) is 2. The standard InChI is InChI=1S/C16H14N2O2S.C12H10Cl2N2O4/c1-18(12-7-3-2-4-8-12)15(19)11-20-16-17-13-9-5-6-10-14(13)21-16;1-12(11(19)20)5-8(10(17)18)15-16(12)9-3-2-6(13)4-7(9)14/h2-10H,11H2,1H3;2-4H,5H2,1H3,(H,17,18)(H,19,20). The fraction of sp³-hybridized carbons (Fsp3) is 0.179. The summed E-state index contributed by atoms with van der Waals surface area (Å²) in [4.78, 5) is 40.5. The fourth-order valence-electron chi connectivity index (χ4n) is 3.85. The van der Waals surface area contributed by atoms with Crippen molar-refractivity contribution in [3.8, 4) is 5.19 Å². The largest absolute Gasteiger partial charge is 0.479 e. The number of amides is 1. The first-order valence-corrected chi connectivity index (χ1v) is 13.7. The summed E-state index contributed by atoms with van der Waals surface area (Å²) in [5.74, 6) is -2.56. The average molecular weight is 615 g/mol. The maximum atomic E-state index is 12.1. The highest BCUT2D eigenvalue weighted by Gasteiger charge is 2.48. The number of anilines is 2. The van der Waals surface area contributed by atoms with E-state index in [0.717, 1.165) is 20.9 Å². The van der Waals surface area contributed by atoms with E-state index in [2.05, 4.69) is 10.1 Å². The smallest absolute Gasteiger partial charge is 0.352 e. The number of benzene rings is 3. The van der Waals surface area contributed by atoms with Crippen molar-refractivity contribution in [2.75, 3.05) is 23.6 Å². The summed E-state index contributed by atoms with van der Waals surface area (Å²) in [7, 11) is 1.74. The fourth-order valence-corrected chi connectivity index (χ4v) is 5.16. The molecule has 0 spiro atoms. The molecule has 10 nitrogen and oxygen atoms in total. The molecule has 2 N–H and O–H groups in total. The van der Waals surface area contributed by atoms with Gasteiger partial charge in [-0.15, -0.1) is 0 Å². The number of para-hydroxylation sites is 2. The summed E-state index contributed by atoms with van der Waals surface area (Å²) >= 11 is 13.3. The van der Waals surface area contributed by atoms with Crippen LogP contribution >= 0.6 is 34.5 Å². The first-order valence-electron chi connectivity index (χ1n) is 12.1. The van der Waals surface area contributed by atoms with Crippen molar-refractivity contribution in [1.29, 1.82) is 0 Å². The lowest BCUT2D eigenvalue weighted by molar-refractivity contribution is -0.142. The third-order valence-electron chi connectivity index (χ3n) is 6.16. The Bertz CT molecular complexity index is 1600. The van der Waals surface area contributed by atoms with Gasteiger partial charge in [-0.1, -0.05) is 64.9 Å². The van der Waals surface area contributed by atoms with E-state index in [1.807, 2.05) is 54.6 Å². The Morgan fingerprint density at radius 3 is 2.37 bits per heavy atom. The molecule has 0 fully saturated rings. The molecule has 1 atom stereocenters. The zero-order valence-electron chi connectivity index (χ0n) is 21.8. The van der Waals surface area contributed by atoms with Crippen LogP contribution in [-0.2, 0) is 14.4 Å². The van der Waals surface area contributed by atoms with Gasteiger partial charge in [0, 0.05) is 24.2 Å². The highest BCUT2D eigenvalue weighted by Crippen LogP contribution is 2.38. The molecule has 13 heteroatoms. The minimum atomic E-state index is -1.51. The van der Waals surface area contributed by atoms with Crippen molar-refractivity contribution in [2.24, 2.45) is 5.10 Å². The Labute approximate surface area is 249 Å². The van der Waals surface area contributed by atoms with Crippen LogP contribution in [0.1, 0.15) is 13.3 Å². The van der Waals surface area contributed by atoms with Crippen LogP contribution in [0, 0.1) is 0 Å². The lowest BCUT2D eigenvalue weighted by atomic mass is 9.95. The molecule has 4 aromatic rings. The van der Waals surface area contributed by atoms with Crippen LogP contribution in [0.5, 0.6) is 5.19 Å². The molecule has 5 rings (SSSR count). The van der Waals surface area contributed by atoms with E-state index >= 15 is 0 Å². The van der Waals surface area contributed by atoms with Gasteiger partial charge in [0.15, 0.2) is 12.1 Å². The zero-order chi connectivity index (χ0) is 29.7. The second-order valence-electron chi connectivity index (χ2n) is 9.04. The Kier molecular flexibility index (Phi) is 9.11. The van der Waals surface area contributed by atoms with Crippen LogP contribution in [0.4, 0.5) is 11.4 Å². The van der Waals surface area contributed by atoms with Crippen molar-refractivity contribution >= 4 is 79.7 Å². The van der Waals surface area contributed by atoms with Crippen LogP contribution in [0.15, 0.2) is 77.9 Å². The van der Waals surface area contributed by atoms with Crippen LogP contribution < -0.4 is 14.6 Å². The molecule has 0 bridgehead atoms. The number of hydrazone groups is 1. The van der Waals surface area contributed by atoms with Gasteiger partial charge in [-0.3, -0.25) is 4.79 Å². The third-order valence-corrected chi connectivity index (χ3v) is 7.64. The van der Waals surface area contributed by atoms with Gasteiger partial charge in [0.1, 0.15) is 5.71 Å². The normalized spacial score (nSPS) is 16.0. The average Bonchev–Trinajstić information content (AvgIpc) is 3.54. The van der Waals surface area contributed by atoms with Gasteiger partial charge in [0.2, 0.25) is 0 Å². The Morgan fingerprint density at radius 1 is 1.05 bits per heavy atom. The molecule has 1 aromatic heterocycles. The minimum absolute atomic E-state index is 0.0226. The summed E-state index contributed by atoms with van der Waals surface area (Å²) in [6.07, 6.45) is -0.226. The quantitative estimate of drug-likeness (QED) is 0.266. The number of carbonyl (C=O) groups is 3. The number of nitrogens with zero attached hydrogens (tertiary/aromatic N) is 4. The summed E-state index contributed by atoms with van der Waals surface area (Å²) in [6.45, 7) is 1.37. The van der Waals surface area contributed by atoms with E-state index in [-0.39, 0.29) is 35.4 Å². The van der Waals surface area contributed by atoms with Crippen molar-refractivity contribution in [3.63, 3.8) is 0 Å². The van der Waals surface area contributed by atoms with Gasteiger partial charge in [0.05, 0.1) is 20.9 Å². The number of thiazole rings is 1. The molecule has 41 heavy (non-hydrogen) atoms. The van der Waals surface area contributed by atoms with E-state index in [0.29, 0.717) is 10.2 Å². The van der Waals surface area contributed by atoms with Crippen LogP contribution in [0.3, 0.4) is 0 Å². The third kappa shape index (κ3) is 6.76. The SMILES string of the molecule is CC1(C(=O)O)CC(C(=O)O)=NN1c1ccc(Cl)cc1Cl.CN(C(=O)COc1nc2ccccc2s1)c1ccccc1. The summed E-state index contributed by atoms with van der Waals surface area (Å²) in [5.41, 5.74) is 0.278. The molecular weight excluding hydrogens is 591 g/mol. The molecule has 1 aliphatic heterocycles. The maximum Gasteiger partial charge on any atom is 0.352 e. The summed E-state index contributed by atoms with van der Waals surface area (Å²) < 4.78 is 6.56. The lowest BCUT2D eigenvalue weighted by Gasteiger charge is -2.30. The predicted octanol–water partition coefficient (Wildman–Crippen LogP) is 5.83. The number of hydrogen-bond acceptors (Lipinski definition) is 8. The topological polar surface area (TPSA) is 133 Å². The number of rotatable bonds is 7. The maximum absolute atomic E-state index is 12.1. The minimum Gasteiger partial charge on any atom is -0.479 e. The van der Waals surface area contributed by atoms with Crippen molar-refractivity contribution in [3.05, 3.63) is 82.8 Å². The number of halogens is 2. The van der Waals surface area contributed by atoms with Crippen molar-refractivity contribution in [1.82, 2.24) is 4.98 Å². The monoisotopic (exact) mass is 614 g/mol. The molecule has 1 aliphatic rings. The molecule has 1 amide bonds. The van der Waals surface area contributed by atoms with E-state index in [1.54, 1.807) is 11.9 Å². The van der Waals surface area contributed by atoms with E-state index in [9.17, 15) is 19.5 Å². The highest BCUT2D eigenvalue weighted by atomic mass is 35.5. The van der Waals surface area contributed by atoms with Gasteiger partial charge >= 0.3 is 11.9 Å². The molecular formula is C28H24Cl2N4O6S. The first kappa shape index (κ1) is 29.8. The van der Waals surface area contributed by atoms with E-state index in [4.69, 9.17) is 33.0 Å². The number of carbonyl (C=O) groups excluding carboxylic acids is 1. The number of aromatic nitrogens is 1. The second kappa shape index (κ2) is 12.5. The number of likely N-dealkylation sites (N-methyl/N-ethyl adjacent to an activating group) is 1. The van der Waals surface area contributed by atoms with Crippen LogP contribution in [0.25, 0.3) is 10.2 Å². The van der Waals surface area contributed by atoms with Crippen molar-refractivity contribution in [2.45, 2.75) is 18.9 Å². The summed E-state index contributed by atoms with van der Waals surface area (Å²) in [6, 6.07) is 21.7. The summed E-state index contributed by atoms with van der Waals surface area (Å²) in [5, 5.41) is 24.4. The predicted molar refractivity (Wildman–Crippen MR) is 160 cm³/mol. The van der Waals surface area contributed by atoms with Crippen LogP contribution in [-0.4, -0.2) is 57.9 Å². The molecule has 3 aromatic carbocycles. The van der Waals surface area contributed by atoms with Gasteiger partial charge < -0.3 is 19.8 Å².